The van der Waals surface area contributed by atoms with Crippen molar-refractivity contribution in [2.75, 3.05) is 11.9 Å². The summed E-state index contributed by atoms with van der Waals surface area (Å²) in [5.74, 6) is 0. The van der Waals surface area contributed by atoms with Crippen molar-refractivity contribution in [3.05, 3.63) is 27.2 Å². The molecule has 0 spiro atoms. The second kappa shape index (κ2) is 4.79. The number of aliphatic hydroxyl groups is 1. The van der Waals surface area contributed by atoms with Gasteiger partial charge in [0.15, 0.2) is 0 Å². The Morgan fingerprint density at radius 1 is 1.13 bits per heavy atom. The van der Waals surface area contributed by atoms with Crippen LogP contribution in [0.1, 0.15) is 13.8 Å². The first-order chi connectivity index (χ1) is 6.79. The summed E-state index contributed by atoms with van der Waals surface area (Å²) in [5.41, 5.74) is -0.150. The quantitative estimate of drug-likeness (QED) is 0.817. The van der Waals surface area contributed by atoms with Gasteiger partial charge in [-0.3, -0.25) is 0 Å². The normalized spacial score (nSPS) is 11.6. The molecule has 0 aromatic heterocycles. The Kier molecular flexibility index (Phi) is 4.13. The van der Waals surface area contributed by atoms with Crippen LogP contribution in [0.3, 0.4) is 0 Å². The molecule has 0 fully saturated rings. The molecule has 1 aromatic rings. The topological polar surface area (TPSA) is 32.3 Å². The van der Waals surface area contributed by atoms with Crippen molar-refractivity contribution >= 4 is 40.5 Å². The number of rotatable bonds is 3. The number of halogens is 3. The molecular formula is C10H12Cl3NO. The van der Waals surface area contributed by atoms with Crippen molar-refractivity contribution in [2.24, 2.45) is 0 Å². The lowest BCUT2D eigenvalue weighted by molar-refractivity contribution is 0.0945. The van der Waals surface area contributed by atoms with E-state index in [-0.39, 0.29) is 0 Å². The average molecular weight is 269 g/mol. The first-order valence-electron chi connectivity index (χ1n) is 4.40. The van der Waals surface area contributed by atoms with E-state index in [0.717, 1.165) is 0 Å². The van der Waals surface area contributed by atoms with Gasteiger partial charge in [0.2, 0.25) is 0 Å². The molecule has 84 valence electrons. The average Bonchev–Trinajstić information content (AvgIpc) is 2.07. The minimum absolute atomic E-state index is 0.380. The summed E-state index contributed by atoms with van der Waals surface area (Å²) in [6.45, 7) is 3.78. The molecule has 2 N–H and O–H groups in total. The third-order valence-corrected chi connectivity index (χ3v) is 2.76. The standard InChI is InChI=1S/C10H12Cl3NO/c1-10(2,15)5-14-9-4-7(12)6(11)3-8(9)13/h3-4,14-15H,5H2,1-2H3. The fourth-order valence-electron chi connectivity index (χ4n) is 0.970. The third kappa shape index (κ3) is 4.07. The molecule has 0 aliphatic rings. The molecule has 0 atom stereocenters. The summed E-state index contributed by atoms with van der Waals surface area (Å²) in [6, 6.07) is 3.20. The smallest absolute Gasteiger partial charge is 0.0763 e. The highest BCUT2D eigenvalue weighted by Crippen LogP contribution is 2.32. The van der Waals surface area contributed by atoms with E-state index in [1.165, 1.54) is 0 Å². The SMILES string of the molecule is CC(C)(O)CNc1cc(Cl)c(Cl)cc1Cl. The number of benzene rings is 1. The molecule has 15 heavy (non-hydrogen) atoms. The van der Waals surface area contributed by atoms with Crippen LogP contribution in [-0.2, 0) is 0 Å². The summed E-state index contributed by atoms with van der Waals surface area (Å²) < 4.78 is 0. The lowest BCUT2D eigenvalue weighted by Crippen LogP contribution is -2.29. The number of hydrogen-bond donors (Lipinski definition) is 2. The fraction of sp³-hybridized carbons (Fsp3) is 0.400. The molecule has 1 rings (SSSR count). The van der Waals surface area contributed by atoms with E-state index in [4.69, 9.17) is 34.8 Å². The maximum Gasteiger partial charge on any atom is 0.0763 e. The van der Waals surface area contributed by atoms with Crippen LogP contribution in [0.2, 0.25) is 15.1 Å². The summed E-state index contributed by atoms with van der Waals surface area (Å²) in [4.78, 5) is 0. The van der Waals surface area contributed by atoms with Gasteiger partial charge in [-0.1, -0.05) is 34.8 Å². The molecule has 5 heteroatoms. The monoisotopic (exact) mass is 267 g/mol. The Labute approximate surface area is 104 Å². The van der Waals surface area contributed by atoms with Gasteiger partial charge in [0.25, 0.3) is 0 Å². The molecule has 0 saturated carbocycles. The van der Waals surface area contributed by atoms with Crippen LogP contribution < -0.4 is 5.32 Å². The lowest BCUT2D eigenvalue weighted by Gasteiger charge is -2.19. The van der Waals surface area contributed by atoms with Crippen LogP contribution in [0.4, 0.5) is 5.69 Å². The Morgan fingerprint density at radius 3 is 2.20 bits per heavy atom. The molecule has 0 saturated heterocycles. The Bertz CT molecular complexity index is 360. The van der Waals surface area contributed by atoms with E-state index in [2.05, 4.69) is 5.32 Å². The van der Waals surface area contributed by atoms with Gasteiger partial charge in [0.05, 0.1) is 26.4 Å². The second-order valence-corrected chi connectivity index (χ2v) is 5.13. The van der Waals surface area contributed by atoms with Gasteiger partial charge in [0.1, 0.15) is 0 Å². The predicted octanol–water partition coefficient (Wildman–Crippen LogP) is 3.83. The van der Waals surface area contributed by atoms with Gasteiger partial charge in [-0.2, -0.15) is 0 Å². The van der Waals surface area contributed by atoms with Crippen LogP contribution in [0.5, 0.6) is 0 Å². The Balaban J connectivity index is 2.82. The van der Waals surface area contributed by atoms with Crippen molar-refractivity contribution in [3.63, 3.8) is 0 Å². The predicted molar refractivity (Wildman–Crippen MR) is 66.3 cm³/mol. The number of nitrogens with one attached hydrogen (secondary N) is 1. The largest absolute Gasteiger partial charge is 0.389 e. The molecule has 0 aliphatic carbocycles. The minimum atomic E-state index is -0.810. The van der Waals surface area contributed by atoms with Crippen LogP contribution in [0.25, 0.3) is 0 Å². The van der Waals surface area contributed by atoms with E-state index in [9.17, 15) is 5.11 Å². The molecule has 1 aromatic carbocycles. The van der Waals surface area contributed by atoms with Gasteiger partial charge >= 0.3 is 0 Å². The van der Waals surface area contributed by atoms with Gasteiger partial charge in [0, 0.05) is 6.54 Å². The van der Waals surface area contributed by atoms with Gasteiger partial charge < -0.3 is 10.4 Å². The highest BCUT2D eigenvalue weighted by molar-refractivity contribution is 6.44. The van der Waals surface area contributed by atoms with E-state index in [1.807, 2.05) is 0 Å². The van der Waals surface area contributed by atoms with Crippen molar-refractivity contribution in [1.82, 2.24) is 0 Å². The van der Waals surface area contributed by atoms with Crippen molar-refractivity contribution in [2.45, 2.75) is 19.4 Å². The fourth-order valence-corrected chi connectivity index (χ4v) is 1.58. The van der Waals surface area contributed by atoms with Gasteiger partial charge in [-0.25, -0.2) is 0 Å². The maximum absolute atomic E-state index is 9.53. The van der Waals surface area contributed by atoms with E-state index in [1.54, 1.807) is 26.0 Å². The van der Waals surface area contributed by atoms with Crippen molar-refractivity contribution in [1.29, 1.82) is 0 Å². The van der Waals surface area contributed by atoms with Crippen molar-refractivity contribution in [3.8, 4) is 0 Å². The van der Waals surface area contributed by atoms with E-state index in [0.29, 0.717) is 27.3 Å². The van der Waals surface area contributed by atoms with Gasteiger partial charge in [-0.15, -0.1) is 0 Å². The van der Waals surface area contributed by atoms with E-state index < -0.39 is 5.60 Å². The minimum Gasteiger partial charge on any atom is -0.389 e. The van der Waals surface area contributed by atoms with Crippen LogP contribution in [0.15, 0.2) is 12.1 Å². The lowest BCUT2D eigenvalue weighted by atomic mass is 10.1. The zero-order valence-corrected chi connectivity index (χ0v) is 10.7. The molecule has 0 bridgehead atoms. The second-order valence-electron chi connectivity index (χ2n) is 3.91. The van der Waals surface area contributed by atoms with Crippen LogP contribution in [0, 0.1) is 0 Å². The summed E-state index contributed by atoms with van der Waals surface area (Å²) in [5, 5.41) is 13.8. The number of hydrogen-bond acceptors (Lipinski definition) is 2. The van der Waals surface area contributed by atoms with Gasteiger partial charge in [-0.05, 0) is 26.0 Å². The highest BCUT2D eigenvalue weighted by atomic mass is 35.5. The molecule has 2 nitrogen and oxygen atoms in total. The van der Waals surface area contributed by atoms with Crippen molar-refractivity contribution < 1.29 is 5.11 Å². The number of anilines is 1. The third-order valence-electron chi connectivity index (χ3n) is 1.72. The first-order valence-corrected chi connectivity index (χ1v) is 5.54. The first kappa shape index (κ1) is 12.9. The van der Waals surface area contributed by atoms with Crippen LogP contribution >= 0.6 is 34.8 Å². The molecule has 0 radical (unpaired) electrons. The molecule has 0 unspecified atom stereocenters. The Morgan fingerprint density at radius 2 is 1.67 bits per heavy atom. The van der Waals surface area contributed by atoms with E-state index >= 15 is 0 Å². The van der Waals surface area contributed by atoms with Crippen LogP contribution in [-0.4, -0.2) is 17.3 Å². The molecule has 0 heterocycles. The molecule has 0 aliphatic heterocycles. The zero-order valence-electron chi connectivity index (χ0n) is 8.44. The maximum atomic E-state index is 9.53. The molecule has 0 amide bonds. The highest BCUT2D eigenvalue weighted by Gasteiger charge is 2.13. The summed E-state index contributed by atoms with van der Waals surface area (Å²) in [6.07, 6.45) is 0. The Hall–Kier alpha value is -0.150. The molecular weight excluding hydrogens is 256 g/mol. The summed E-state index contributed by atoms with van der Waals surface area (Å²) >= 11 is 17.6. The zero-order chi connectivity index (χ0) is 11.6. The summed E-state index contributed by atoms with van der Waals surface area (Å²) in [7, 11) is 0.